The van der Waals surface area contributed by atoms with Gasteiger partial charge in [0, 0.05) is 18.3 Å². The zero-order chi connectivity index (χ0) is 12.4. The first-order valence-corrected chi connectivity index (χ1v) is 6.48. The molecule has 0 amide bonds. The van der Waals surface area contributed by atoms with Crippen molar-refractivity contribution in [3.63, 3.8) is 0 Å². The van der Waals surface area contributed by atoms with Crippen molar-refractivity contribution in [2.24, 2.45) is 5.92 Å². The van der Waals surface area contributed by atoms with E-state index in [1.165, 1.54) is 6.07 Å². The molecule has 6 heteroatoms. The van der Waals surface area contributed by atoms with Gasteiger partial charge in [-0.1, -0.05) is 18.7 Å². The van der Waals surface area contributed by atoms with Crippen LogP contribution in [0.5, 0.6) is 0 Å². The maximum Gasteiger partial charge on any atom is 0.313 e. The molecule has 1 aliphatic rings. The van der Waals surface area contributed by atoms with Gasteiger partial charge in [-0.05, 0) is 18.8 Å². The number of aromatic nitrogens is 2. The lowest BCUT2D eigenvalue weighted by molar-refractivity contribution is -0.133. The van der Waals surface area contributed by atoms with E-state index in [0.29, 0.717) is 17.1 Å². The zero-order valence-corrected chi connectivity index (χ0v) is 10.3. The first-order chi connectivity index (χ1) is 8.06. The van der Waals surface area contributed by atoms with E-state index < -0.39 is 5.97 Å². The number of carboxylic acid groups (broad SMARTS) is 1. The van der Waals surface area contributed by atoms with Crippen molar-refractivity contribution in [3.05, 3.63) is 22.6 Å². The fourth-order valence-corrected chi connectivity index (χ4v) is 2.76. The Bertz CT molecular complexity index is 480. The molecule has 0 aliphatic heterocycles. The summed E-state index contributed by atoms with van der Waals surface area (Å²) >= 11 is 1.10. The van der Waals surface area contributed by atoms with Crippen LogP contribution in [-0.2, 0) is 4.79 Å². The van der Waals surface area contributed by atoms with Crippen molar-refractivity contribution in [3.8, 4) is 0 Å². The zero-order valence-electron chi connectivity index (χ0n) is 9.50. The molecule has 92 valence electrons. The molecular formula is C11H14N2O3S. The summed E-state index contributed by atoms with van der Waals surface area (Å²) in [4.78, 5) is 25.6. The smallest absolute Gasteiger partial charge is 0.313 e. The summed E-state index contributed by atoms with van der Waals surface area (Å²) < 4.78 is 1.93. The Morgan fingerprint density at radius 3 is 2.94 bits per heavy atom. The first-order valence-electron chi connectivity index (χ1n) is 5.50. The van der Waals surface area contributed by atoms with Crippen LogP contribution in [0.2, 0.25) is 0 Å². The molecule has 1 aliphatic carbocycles. The molecule has 1 aromatic heterocycles. The van der Waals surface area contributed by atoms with Gasteiger partial charge in [0.25, 0.3) is 5.56 Å². The maximum absolute atomic E-state index is 11.2. The van der Waals surface area contributed by atoms with Gasteiger partial charge >= 0.3 is 5.97 Å². The number of carboxylic acids is 1. The quantitative estimate of drug-likeness (QED) is 0.649. The fourth-order valence-electron chi connectivity index (χ4n) is 2.00. The number of rotatable bonds is 4. The number of hydrogen-bond donors (Lipinski definition) is 1. The normalized spacial score (nSPS) is 23.1. The van der Waals surface area contributed by atoms with Gasteiger partial charge < -0.3 is 9.67 Å². The highest BCUT2D eigenvalue weighted by Crippen LogP contribution is 2.38. The van der Waals surface area contributed by atoms with Gasteiger partial charge in [-0.3, -0.25) is 9.59 Å². The highest BCUT2D eigenvalue weighted by molar-refractivity contribution is 7.99. The predicted octanol–water partition coefficient (Wildman–Crippen LogP) is 1.39. The third-order valence-corrected chi connectivity index (χ3v) is 3.82. The second-order valence-electron chi connectivity index (χ2n) is 4.37. The molecule has 1 N–H and O–H groups in total. The van der Waals surface area contributed by atoms with Crippen molar-refractivity contribution in [1.82, 2.24) is 9.55 Å². The minimum atomic E-state index is -0.901. The van der Waals surface area contributed by atoms with Gasteiger partial charge in [0.1, 0.15) is 0 Å². The lowest BCUT2D eigenvalue weighted by Crippen LogP contribution is -2.27. The summed E-state index contributed by atoms with van der Waals surface area (Å²) in [5.41, 5.74) is -0.318. The third-order valence-electron chi connectivity index (χ3n) is 2.87. The molecule has 0 aromatic carbocycles. The summed E-state index contributed by atoms with van der Waals surface area (Å²) in [6.07, 6.45) is 3.84. The summed E-state index contributed by atoms with van der Waals surface area (Å²) in [7, 11) is 0. The molecular weight excluding hydrogens is 240 g/mol. The Labute approximate surface area is 103 Å². The van der Waals surface area contributed by atoms with E-state index in [9.17, 15) is 9.59 Å². The highest BCUT2D eigenvalue weighted by Gasteiger charge is 2.28. The Kier molecular flexibility index (Phi) is 3.51. The molecule has 0 radical (unpaired) electrons. The van der Waals surface area contributed by atoms with E-state index in [4.69, 9.17) is 5.11 Å². The van der Waals surface area contributed by atoms with E-state index in [2.05, 4.69) is 11.9 Å². The van der Waals surface area contributed by atoms with Crippen LogP contribution >= 0.6 is 11.8 Å². The number of carbonyl (C=O) groups is 1. The lowest BCUT2D eigenvalue weighted by atomic mass is 9.82. The third kappa shape index (κ3) is 2.88. The maximum atomic E-state index is 11.2. The molecule has 0 spiro atoms. The van der Waals surface area contributed by atoms with Crippen molar-refractivity contribution >= 4 is 17.7 Å². The van der Waals surface area contributed by atoms with Crippen molar-refractivity contribution in [2.45, 2.75) is 31.0 Å². The van der Waals surface area contributed by atoms with Crippen LogP contribution in [-0.4, -0.2) is 26.4 Å². The van der Waals surface area contributed by atoms with E-state index >= 15 is 0 Å². The fraction of sp³-hybridized carbons (Fsp3) is 0.545. The predicted molar refractivity (Wildman–Crippen MR) is 64.3 cm³/mol. The van der Waals surface area contributed by atoms with Gasteiger partial charge in [-0.2, -0.15) is 4.98 Å². The molecule has 5 nitrogen and oxygen atoms in total. The van der Waals surface area contributed by atoms with Crippen molar-refractivity contribution in [1.29, 1.82) is 0 Å². The molecule has 0 unspecified atom stereocenters. The molecule has 17 heavy (non-hydrogen) atoms. The average Bonchev–Trinajstić information content (AvgIpc) is 2.23. The van der Waals surface area contributed by atoms with Gasteiger partial charge in [0.15, 0.2) is 5.16 Å². The van der Waals surface area contributed by atoms with E-state index in [1.807, 2.05) is 4.57 Å². The Morgan fingerprint density at radius 2 is 2.35 bits per heavy atom. The molecule has 2 rings (SSSR count). The average molecular weight is 254 g/mol. The molecule has 0 atom stereocenters. The van der Waals surface area contributed by atoms with Crippen molar-refractivity contribution in [2.75, 3.05) is 5.75 Å². The Balaban J connectivity index is 2.18. The second kappa shape index (κ2) is 4.91. The van der Waals surface area contributed by atoms with Crippen LogP contribution in [0.4, 0.5) is 0 Å². The monoisotopic (exact) mass is 254 g/mol. The van der Waals surface area contributed by atoms with Crippen LogP contribution in [0.25, 0.3) is 0 Å². The van der Waals surface area contributed by atoms with Gasteiger partial charge in [-0.15, -0.1) is 0 Å². The van der Waals surface area contributed by atoms with Crippen LogP contribution < -0.4 is 5.56 Å². The number of nitrogens with zero attached hydrogens (tertiary/aromatic N) is 2. The van der Waals surface area contributed by atoms with Crippen LogP contribution in [0.1, 0.15) is 25.8 Å². The highest BCUT2D eigenvalue weighted by atomic mass is 32.2. The molecule has 1 heterocycles. The van der Waals surface area contributed by atoms with Crippen LogP contribution in [0.15, 0.2) is 22.2 Å². The molecule has 1 aromatic rings. The standard InChI is InChI=1S/C11H14N2O3S/c1-7-4-8(5-7)13-3-2-9(14)12-11(13)17-6-10(15)16/h2-3,7-8H,4-6H2,1H3,(H,15,16). The minimum absolute atomic E-state index is 0.0707. The molecule has 1 fully saturated rings. The molecule has 0 bridgehead atoms. The van der Waals surface area contributed by atoms with E-state index in [0.717, 1.165) is 24.6 Å². The summed E-state index contributed by atoms with van der Waals surface area (Å²) in [6, 6.07) is 1.78. The molecule has 0 saturated heterocycles. The lowest BCUT2D eigenvalue weighted by Gasteiger charge is -2.35. The van der Waals surface area contributed by atoms with Crippen LogP contribution in [0.3, 0.4) is 0 Å². The van der Waals surface area contributed by atoms with Crippen LogP contribution in [0, 0.1) is 5.92 Å². The van der Waals surface area contributed by atoms with E-state index in [1.54, 1.807) is 6.20 Å². The van der Waals surface area contributed by atoms with E-state index in [-0.39, 0.29) is 11.3 Å². The summed E-state index contributed by atoms with van der Waals surface area (Å²) in [5, 5.41) is 9.16. The topological polar surface area (TPSA) is 72.2 Å². The number of hydrogen-bond acceptors (Lipinski definition) is 4. The summed E-state index contributed by atoms with van der Waals surface area (Å²) in [6.45, 7) is 2.18. The Hall–Kier alpha value is -1.30. The molecule has 1 saturated carbocycles. The summed E-state index contributed by atoms with van der Waals surface area (Å²) in [5.74, 6) is -0.281. The van der Waals surface area contributed by atoms with Crippen molar-refractivity contribution < 1.29 is 9.90 Å². The number of aliphatic carboxylic acids is 1. The Morgan fingerprint density at radius 1 is 1.65 bits per heavy atom. The second-order valence-corrected chi connectivity index (χ2v) is 5.31. The van der Waals surface area contributed by atoms with Gasteiger partial charge in [0.2, 0.25) is 0 Å². The van der Waals surface area contributed by atoms with Gasteiger partial charge in [0.05, 0.1) is 5.75 Å². The number of thioether (sulfide) groups is 1. The minimum Gasteiger partial charge on any atom is -0.481 e. The first kappa shape index (κ1) is 12.2. The van der Waals surface area contributed by atoms with Gasteiger partial charge in [-0.25, -0.2) is 0 Å². The largest absolute Gasteiger partial charge is 0.481 e. The SMILES string of the molecule is CC1CC(n2ccc(=O)nc2SCC(=O)O)C1.